The molecule has 6 heteroatoms. The van der Waals surface area contributed by atoms with E-state index in [2.05, 4.69) is 55.6 Å². The Bertz CT molecular complexity index is 779. The zero-order chi connectivity index (χ0) is 34.5. The minimum Gasteiger partial charge on any atom is -0.461 e. The fraction of sp³-hybridized carbons (Fsp3) is 0.805. The normalized spacial score (nSPS) is 13.2. The van der Waals surface area contributed by atoms with Gasteiger partial charge in [-0.15, -0.1) is 0 Å². The number of ether oxygens (including phenoxy) is 1. The van der Waals surface area contributed by atoms with Crippen LogP contribution in [0.4, 0.5) is 0 Å². The molecule has 2 atom stereocenters. The Hall–Kier alpha value is -2.08. The highest BCUT2D eigenvalue weighted by atomic mass is 16.5. The molecule has 0 fully saturated rings. The summed E-state index contributed by atoms with van der Waals surface area (Å²) >= 11 is 0. The minimum atomic E-state index is -0.685. The summed E-state index contributed by atoms with van der Waals surface area (Å²) < 4.78 is 5.92. The van der Waals surface area contributed by atoms with Gasteiger partial charge in [-0.3, -0.25) is 10.2 Å². The SMILES string of the molecule is CCCCC/C=C\C/C=C\CCCCCCCCC(CCCCCCCC/C=C\CCCCCCC)OC(=O)C(N)CCNC(=N)N. The lowest BCUT2D eigenvalue weighted by Gasteiger charge is -2.20. The molecule has 0 saturated heterocycles. The molecular weight excluding hydrogens is 580 g/mol. The van der Waals surface area contributed by atoms with Crippen molar-refractivity contribution >= 4 is 11.9 Å². The largest absolute Gasteiger partial charge is 0.461 e. The van der Waals surface area contributed by atoms with Crippen molar-refractivity contribution in [3.05, 3.63) is 36.5 Å². The van der Waals surface area contributed by atoms with Gasteiger partial charge in [0, 0.05) is 6.54 Å². The summed E-state index contributed by atoms with van der Waals surface area (Å²) in [6.45, 7) is 4.92. The first-order chi connectivity index (χ1) is 23.0. The highest BCUT2D eigenvalue weighted by molar-refractivity contribution is 5.76. The number of hydrogen-bond acceptors (Lipinski definition) is 4. The maximum absolute atomic E-state index is 12.7. The molecule has 0 spiro atoms. The predicted octanol–water partition coefficient (Wildman–Crippen LogP) is 11.3. The monoisotopic (exact) mass is 659 g/mol. The standard InChI is InChI=1S/C41H78N4O2/c1-3-5-7-9-11-13-15-17-19-21-23-25-27-29-31-33-35-38(47-40(46)39(42)36-37-45-41(43)44)34-32-30-28-26-24-22-20-18-16-14-12-10-8-6-4-2/h11,13,16-19,38-39H,3-10,12,14-15,20-37,42H2,1-2H3,(H4,43,44,45)/b13-11-,18-16-,19-17-. The zero-order valence-corrected chi connectivity index (χ0v) is 31.1. The molecule has 0 aliphatic rings. The van der Waals surface area contributed by atoms with Crippen molar-refractivity contribution in [2.24, 2.45) is 11.5 Å². The molecule has 0 rings (SSSR count). The van der Waals surface area contributed by atoms with Crippen molar-refractivity contribution in [1.29, 1.82) is 5.41 Å². The van der Waals surface area contributed by atoms with Crippen molar-refractivity contribution < 1.29 is 9.53 Å². The van der Waals surface area contributed by atoms with Crippen LogP contribution < -0.4 is 16.8 Å². The van der Waals surface area contributed by atoms with Crippen LogP contribution in [-0.2, 0) is 9.53 Å². The van der Waals surface area contributed by atoms with Crippen LogP contribution in [-0.4, -0.2) is 30.6 Å². The zero-order valence-electron chi connectivity index (χ0n) is 31.1. The third kappa shape index (κ3) is 35.1. The highest BCUT2D eigenvalue weighted by Crippen LogP contribution is 2.18. The van der Waals surface area contributed by atoms with Crippen molar-refractivity contribution in [3.8, 4) is 0 Å². The van der Waals surface area contributed by atoms with Crippen LogP contribution in [0.25, 0.3) is 0 Å². The van der Waals surface area contributed by atoms with Crippen molar-refractivity contribution in [2.45, 2.75) is 206 Å². The van der Waals surface area contributed by atoms with E-state index >= 15 is 0 Å². The third-order valence-electron chi connectivity index (χ3n) is 8.87. The summed E-state index contributed by atoms with van der Waals surface area (Å²) in [5, 5.41) is 9.99. The van der Waals surface area contributed by atoms with E-state index in [9.17, 15) is 4.79 Å². The number of carbonyl (C=O) groups is 1. The minimum absolute atomic E-state index is 0.0488. The second-order valence-electron chi connectivity index (χ2n) is 13.5. The Balaban J connectivity index is 4.16. The van der Waals surface area contributed by atoms with Crippen molar-refractivity contribution in [2.75, 3.05) is 6.54 Å². The van der Waals surface area contributed by atoms with Crippen LogP contribution in [0.3, 0.4) is 0 Å². The molecule has 0 heterocycles. The molecule has 0 bridgehead atoms. The van der Waals surface area contributed by atoms with E-state index in [1.165, 1.54) is 141 Å². The van der Waals surface area contributed by atoms with Crippen LogP contribution in [0.5, 0.6) is 0 Å². The van der Waals surface area contributed by atoms with Crippen molar-refractivity contribution in [3.63, 3.8) is 0 Å². The van der Waals surface area contributed by atoms with E-state index in [1.54, 1.807) is 0 Å². The average Bonchev–Trinajstić information content (AvgIpc) is 3.05. The Labute approximate surface area is 291 Å². The summed E-state index contributed by atoms with van der Waals surface area (Å²) in [6, 6.07) is -0.685. The van der Waals surface area contributed by atoms with E-state index < -0.39 is 6.04 Å². The molecule has 2 unspecified atom stereocenters. The quantitative estimate of drug-likeness (QED) is 0.0178. The molecule has 0 radical (unpaired) electrons. The van der Waals surface area contributed by atoms with Gasteiger partial charge in [-0.25, -0.2) is 0 Å². The van der Waals surface area contributed by atoms with Crippen LogP contribution in [0.2, 0.25) is 0 Å². The van der Waals surface area contributed by atoms with Gasteiger partial charge in [0.1, 0.15) is 12.1 Å². The van der Waals surface area contributed by atoms with Gasteiger partial charge in [0.25, 0.3) is 0 Å². The molecule has 0 aromatic rings. The highest BCUT2D eigenvalue weighted by Gasteiger charge is 2.20. The first-order valence-electron chi connectivity index (χ1n) is 20.0. The van der Waals surface area contributed by atoms with Crippen molar-refractivity contribution in [1.82, 2.24) is 5.32 Å². The van der Waals surface area contributed by atoms with Gasteiger partial charge in [-0.2, -0.15) is 0 Å². The fourth-order valence-corrected chi connectivity index (χ4v) is 5.80. The van der Waals surface area contributed by atoms with Crippen LogP contribution >= 0.6 is 0 Å². The molecule has 0 aromatic heterocycles. The topological polar surface area (TPSA) is 114 Å². The Morgan fingerprint density at radius 2 is 0.979 bits per heavy atom. The lowest BCUT2D eigenvalue weighted by atomic mass is 10.0. The molecule has 0 amide bonds. The van der Waals surface area contributed by atoms with Gasteiger partial charge in [0.2, 0.25) is 0 Å². The number of allylic oxidation sites excluding steroid dienone is 6. The second kappa shape index (κ2) is 36.8. The molecular formula is C41H78N4O2. The Morgan fingerprint density at radius 3 is 1.45 bits per heavy atom. The first-order valence-corrected chi connectivity index (χ1v) is 20.0. The summed E-state index contributed by atoms with van der Waals surface area (Å²) in [5.41, 5.74) is 11.4. The molecule has 6 nitrogen and oxygen atoms in total. The van der Waals surface area contributed by atoms with E-state index in [-0.39, 0.29) is 18.0 Å². The smallest absolute Gasteiger partial charge is 0.323 e. The molecule has 6 N–H and O–H groups in total. The van der Waals surface area contributed by atoms with Gasteiger partial charge >= 0.3 is 5.97 Å². The Kier molecular flexibility index (Phi) is 35.1. The molecule has 0 aromatic carbocycles. The number of unbranched alkanes of at least 4 members (excludes halogenated alkanes) is 20. The van der Waals surface area contributed by atoms with Gasteiger partial charge in [0.15, 0.2) is 5.96 Å². The third-order valence-corrected chi connectivity index (χ3v) is 8.87. The molecule has 47 heavy (non-hydrogen) atoms. The summed E-state index contributed by atoms with van der Waals surface area (Å²) in [6.07, 6.45) is 47.7. The number of guanidine groups is 1. The number of hydrogen-bond donors (Lipinski definition) is 4. The maximum Gasteiger partial charge on any atom is 0.323 e. The molecule has 0 aliphatic heterocycles. The molecule has 0 saturated carbocycles. The summed E-state index contributed by atoms with van der Waals surface area (Å²) in [4.78, 5) is 12.7. The lowest BCUT2D eigenvalue weighted by molar-refractivity contribution is -0.151. The van der Waals surface area contributed by atoms with E-state index in [0.29, 0.717) is 13.0 Å². The van der Waals surface area contributed by atoms with Gasteiger partial charge < -0.3 is 21.5 Å². The van der Waals surface area contributed by atoms with Gasteiger partial charge in [-0.1, -0.05) is 140 Å². The van der Waals surface area contributed by atoms with E-state index in [4.69, 9.17) is 21.6 Å². The number of rotatable bonds is 35. The van der Waals surface area contributed by atoms with Crippen LogP contribution in [0.15, 0.2) is 36.5 Å². The van der Waals surface area contributed by atoms with E-state index in [0.717, 1.165) is 32.1 Å². The van der Waals surface area contributed by atoms with E-state index in [1.807, 2.05) is 0 Å². The average molecular weight is 659 g/mol. The van der Waals surface area contributed by atoms with Crippen LogP contribution in [0.1, 0.15) is 194 Å². The number of nitrogens with one attached hydrogen (secondary N) is 2. The van der Waals surface area contributed by atoms with Gasteiger partial charge in [-0.05, 0) is 89.9 Å². The lowest BCUT2D eigenvalue weighted by Crippen LogP contribution is -2.39. The summed E-state index contributed by atoms with van der Waals surface area (Å²) in [5.74, 6) is -0.431. The molecule has 0 aliphatic carbocycles. The van der Waals surface area contributed by atoms with Crippen LogP contribution in [0, 0.1) is 5.41 Å². The Morgan fingerprint density at radius 1 is 0.596 bits per heavy atom. The van der Waals surface area contributed by atoms with Gasteiger partial charge in [0.05, 0.1) is 0 Å². The fourth-order valence-electron chi connectivity index (χ4n) is 5.80. The number of nitrogens with two attached hydrogens (primary N) is 2. The number of carbonyl (C=O) groups excluding carboxylic acids is 1. The maximum atomic E-state index is 12.7. The second-order valence-corrected chi connectivity index (χ2v) is 13.5. The predicted molar refractivity (Wildman–Crippen MR) is 206 cm³/mol. The summed E-state index contributed by atoms with van der Waals surface area (Å²) in [7, 11) is 0. The number of esters is 1. The molecule has 274 valence electrons. The first kappa shape index (κ1) is 44.9.